The lowest BCUT2D eigenvalue weighted by Gasteiger charge is -2.22. The summed E-state index contributed by atoms with van der Waals surface area (Å²) in [6.45, 7) is 1.68. The van der Waals surface area contributed by atoms with Crippen molar-refractivity contribution in [3.8, 4) is 0 Å². The Hall–Kier alpha value is -1.05. The van der Waals surface area contributed by atoms with Crippen molar-refractivity contribution in [1.29, 1.82) is 0 Å². The summed E-state index contributed by atoms with van der Waals surface area (Å²) in [4.78, 5) is 23.7. The van der Waals surface area contributed by atoms with Gasteiger partial charge < -0.3 is 16.4 Å². The predicted octanol–water partition coefficient (Wildman–Crippen LogP) is 0.672. The molecule has 2 heterocycles. The zero-order valence-corrected chi connectivity index (χ0v) is 12.1. The highest BCUT2D eigenvalue weighted by Gasteiger charge is 2.14. The molecule has 2 amide bonds. The number of nitrogens with one attached hydrogen (secondary N) is 2. The fourth-order valence-electron chi connectivity index (χ4n) is 1.84. The van der Waals surface area contributed by atoms with Crippen LogP contribution in [-0.2, 0) is 0 Å². The molecule has 4 N–H and O–H groups in total. The van der Waals surface area contributed by atoms with Gasteiger partial charge in [0.1, 0.15) is 0 Å². The Kier molecular flexibility index (Phi) is 5.24. The summed E-state index contributed by atoms with van der Waals surface area (Å²) in [5.41, 5.74) is 5.15. The number of nitrogens with two attached hydrogens (primary N) is 1. The second-order valence-electron chi connectivity index (χ2n) is 4.30. The number of carbonyl (C=O) groups excluding carboxylic acids is 2. The van der Waals surface area contributed by atoms with Crippen LogP contribution in [0.4, 0.5) is 0 Å². The molecule has 1 atom stereocenters. The molecule has 0 radical (unpaired) electrons. The van der Waals surface area contributed by atoms with E-state index in [-0.39, 0.29) is 5.91 Å². The smallest absolute Gasteiger partial charge is 0.261 e. The van der Waals surface area contributed by atoms with Gasteiger partial charge in [-0.15, -0.1) is 11.3 Å². The molecule has 2 rings (SSSR count). The van der Waals surface area contributed by atoms with Crippen LogP contribution in [0.25, 0.3) is 0 Å². The van der Waals surface area contributed by atoms with E-state index in [9.17, 15) is 9.59 Å². The van der Waals surface area contributed by atoms with Gasteiger partial charge in [0.2, 0.25) is 0 Å². The highest BCUT2D eigenvalue weighted by atomic mass is 32.2. The number of hydrogen-bond donors (Lipinski definition) is 3. The number of rotatable bonds is 5. The Balaban J connectivity index is 1.75. The first-order valence-corrected chi connectivity index (χ1v) is 8.13. The van der Waals surface area contributed by atoms with Gasteiger partial charge in [0.25, 0.3) is 11.8 Å². The van der Waals surface area contributed by atoms with Gasteiger partial charge in [0, 0.05) is 30.6 Å². The Morgan fingerprint density at radius 2 is 2.21 bits per heavy atom. The number of hydrogen-bond acceptors (Lipinski definition) is 5. The lowest BCUT2D eigenvalue weighted by Crippen LogP contribution is -2.40. The van der Waals surface area contributed by atoms with Crippen LogP contribution in [0.15, 0.2) is 12.1 Å². The highest BCUT2D eigenvalue weighted by molar-refractivity contribution is 7.99. The van der Waals surface area contributed by atoms with Gasteiger partial charge in [0.05, 0.1) is 9.75 Å². The molecule has 1 aliphatic heterocycles. The van der Waals surface area contributed by atoms with Gasteiger partial charge >= 0.3 is 0 Å². The first-order valence-electron chi connectivity index (χ1n) is 6.16. The molecule has 1 aromatic rings. The van der Waals surface area contributed by atoms with Crippen LogP contribution < -0.4 is 16.4 Å². The SMILES string of the molecule is NC(=O)c1ccc(C(=O)NCCC2CSCCN2)s1. The predicted molar refractivity (Wildman–Crippen MR) is 78.9 cm³/mol. The van der Waals surface area contributed by atoms with Crippen LogP contribution in [0.1, 0.15) is 25.8 Å². The average molecular weight is 299 g/mol. The molecule has 0 aromatic carbocycles. The van der Waals surface area contributed by atoms with Crippen LogP contribution in [-0.4, -0.2) is 42.5 Å². The second kappa shape index (κ2) is 6.93. The largest absolute Gasteiger partial charge is 0.365 e. The molecule has 1 aliphatic rings. The standard InChI is InChI=1S/C12H17N3O2S2/c13-11(16)9-1-2-10(19-9)12(17)15-4-3-8-7-18-6-5-14-8/h1-2,8,14H,3-7H2,(H2,13,16)(H,15,17). The van der Waals surface area contributed by atoms with Crippen molar-refractivity contribution in [3.63, 3.8) is 0 Å². The van der Waals surface area contributed by atoms with Crippen LogP contribution in [0.5, 0.6) is 0 Å². The molecular weight excluding hydrogens is 282 g/mol. The third-order valence-corrected chi connectivity index (χ3v) is 5.08. The van der Waals surface area contributed by atoms with E-state index in [1.54, 1.807) is 12.1 Å². The van der Waals surface area contributed by atoms with Gasteiger partial charge in [-0.3, -0.25) is 9.59 Å². The fraction of sp³-hybridized carbons (Fsp3) is 0.500. The van der Waals surface area contributed by atoms with Crippen LogP contribution >= 0.6 is 23.1 Å². The quantitative estimate of drug-likeness (QED) is 0.746. The summed E-state index contributed by atoms with van der Waals surface area (Å²) in [6.07, 6.45) is 0.923. The maximum Gasteiger partial charge on any atom is 0.261 e. The number of amides is 2. The number of thioether (sulfide) groups is 1. The molecule has 1 saturated heterocycles. The number of carbonyl (C=O) groups is 2. The van der Waals surface area contributed by atoms with E-state index in [0.717, 1.165) is 35.8 Å². The Bertz CT molecular complexity index is 456. The monoisotopic (exact) mass is 299 g/mol. The molecule has 1 unspecified atom stereocenters. The fourth-order valence-corrected chi connectivity index (χ4v) is 3.62. The van der Waals surface area contributed by atoms with E-state index >= 15 is 0 Å². The minimum atomic E-state index is -0.493. The topological polar surface area (TPSA) is 84.2 Å². The third-order valence-electron chi connectivity index (χ3n) is 2.85. The molecule has 0 saturated carbocycles. The van der Waals surface area contributed by atoms with Crippen LogP contribution in [0, 0.1) is 0 Å². The minimum Gasteiger partial charge on any atom is -0.365 e. The maximum absolute atomic E-state index is 11.8. The van der Waals surface area contributed by atoms with Crippen molar-refractivity contribution in [2.24, 2.45) is 5.73 Å². The van der Waals surface area contributed by atoms with Crippen molar-refractivity contribution >= 4 is 34.9 Å². The summed E-state index contributed by atoms with van der Waals surface area (Å²) in [6, 6.07) is 3.69. The van der Waals surface area contributed by atoms with Gasteiger partial charge in [0.15, 0.2) is 0 Å². The summed E-state index contributed by atoms with van der Waals surface area (Å²) in [5.74, 6) is 1.63. The molecule has 1 fully saturated rings. The van der Waals surface area contributed by atoms with Crippen molar-refractivity contribution in [2.45, 2.75) is 12.5 Å². The zero-order chi connectivity index (χ0) is 13.7. The zero-order valence-electron chi connectivity index (χ0n) is 10.5. The molecule has 0 aliphatic carbocycles. The Morgan fingerprint density at radius 1 is 1.42 bits per heavy atom. The van der Waals surface area contributed by atoms with E-state index in [2.05, 4.69) is 10.6 Å². The Labute approximate surface area is 120 Å². The van der Waals surface area contributed by atoms with Crippen LogP contribution in [0.3, 0.4) is 0 Å². The molecule has 7 heteroatoms. The number of primary amides is 1. The molecule has 0 bridgehead atoms. The molecule has 19 heavy (non-hydrogen) atoms. The van der Waals surface area contributed by atoms with E-state index in [4.69, 9.17) is 5.73 Å². The number of thiophene rings is 1. The molecule has 0 spiro atoms. The summed E-state index contributed by atoms with van der Waals surface area (Å²) < 4.78 is 0. The minimum absolute atomic E-state index is 0.138. The van der Waals surface area contributed by atoms with Crippen molar-refractivity contribution in [2.75, 3.05) is 24.6 Å². The molecular formula is C12H17N3O2S2. The van der Waals surface area contributed by atoms with E-state index < -0.39 is 5.91 Å². The van der Waals surface area contributed by atoms with Gasteiger partial charge in [-0.2, -0.15) is 11.8 Å². The first kappa shape index (κ1) is 14.4. The molecule has 104 valence electrons. The van der Waals surface area contributed by atoms with Gasteiger partial charge in [-0.05, 0) is 18.6 Å². The van der Waals surface area contributed by atoms with Gasteiger partial charge in [-0.25, -0.2) is 0 Å². The van der Waals surface area contributed by atoms with Crippen LogP contribution in [0.2, 0.25) is 0 Å². The average Bonchev–Trinajstić information content (AvgIpc) is 2.89. The Morgan fingerprint density at radius 3 is 2.84 bits per heavy atom. The van der Waals surface area contributed by atoms with E-state index in [1.807, 2.05) is 11.8 Å². The lowest BCUT2D eigenvalue weighted by atomic mass is 10.2. The van der Waals surface area contributed by atoms with Gasteiger partial charge in [-0.1, -0.05) is 0 Å². The summed E-state index contributed by atoms with van der Waals surface area (Å²) in [7, 11) is 0. The second-order valence-corrected chi connectivity index (χ2v) is 6.53. The molecule has 5 nitrogen and oxygen atoms in total. The normalized spacial score (nSPS) is 19.1. The summed E-state index contributed by atoms with van der Waals surface area (Å²) >= 11 is 3.07. The highest BCUT2D eigenvalue weighted by Crippen LogP contribution is 2.15. The van der Waals surface area contributed by atoms with E-state index in [0.29, 0.717) is 22.3 Å². The van der Waals surface area contributed by atoms with Crippen molar-refractivity contribution < 1.29 is 9.59 Å². The molecule has 1 aromatic heterocycles. The summed E-state index contributed by atoms with van der Waals surface area (Å²) in [5, 5.41) is 6.29. The van der Waals surface area contributed by atoms with Crippen molar-refractivity contribution in [1.82, 2.24) is 10.6 Å². The first-order chi connectivity index (χ1) is 9.16. The third kappa shape index (κ3) is 4.22. The maximum atomic E-state index is 11.8. The lowest BCUT2D eigenvalue weighted by molar-refractivity contribution is 0.0955. The van der Waals surface area contributed by atoms with E-state index in [1.165, 1.54) is 0 Å². The van der Waals surface area contributed by atoms with Crippen molar-refractivity contribution in [3.05, 3.63) is 21.9 Å².